The second-order valence-electron chi connectivity index (χ2n) is 5.65. The number of para-hydroxylation sites is 2. The largest absolute Gasteiger partial charge is 0.437 e. The van der Waals surface area contributed by atoms with Crippen LogP contribution in [0.5, 0.6) is 0 Å². The average molecular weight is 342 g/mol. The minimum atomic E-state index is -0.938. The molecule has 0 spiro atoms. The van der Waals surface area contributed by atoms with E-state index in [1.165, 1.54) is 23.1 Å². The number of nitrogens with zero attached hydrogens (tertiary/aromatic N) is 2. The number of carbonyl (C=O) groups is 1. The van der Waals surface area contributed by atoms with E-state index in [1.54, 1.807) is 20.0 Å². The predicted molar refractivity (Wildman–Crippen MR) is 90.6 cm³/mol. The van der Waals surface area contributed by atoms with E-state index in [0.29, 0.717) is 22.6 Å². The summed E-state index contributed by atoms with van der Waals surface area (Å²) in [6.07, 6.45) is 2.82. The molecule has 0 aliphatic rings. The lowest BCUT2D eigenvalue weighted by molar-refractivity contribution is -0.126. The first kappa shape index (κ1) is 16.8. The van der Waals surface area contributed by atoms with Gasteiger partial charge in [-0.1, -0.05) is 18.2 Å². The molecule has 1 amide bonds. The van der Waals surface area contributed by atoms with Gasteiger partial charge in [0.15, 0.2) is 17.2 Å². The van der Waals surface area contributed by atoms with Gasteiger partial charge in [0.05, 0.1) is 6.04 Å². The van der Waals surface area contributed by atoms with Crippen LogP contribution in [0.4, 0.5) is 8.78 Å². The average Bonchev–Trinajstić information content (AvgIpc) is 3.03. The van der Waals surface area contributed by atoms with Crippen LogP contribution >= 0.6 is 0 Å². The monoisotopic (exact) mass is 342 g/mol. The third-order valence-corrected chi connectivity index (χ3v) is 4.03. The minimum absolute atomic E-state index is 0.306. The molecule has 0 aliphatic carbocycles. The molecule has 0 N–H and O–H groups in total. The van der Waals surface area contributed by atoms with Gasteiger partial charge in [-0.25, -0.2) is 13.8 Å². The summed E-state index contributed by atoms with van der Waals surface area (Å²) in [6, 6.07) is 10.5. The normalized spacial score (nSPS) is 12.6. The molecule has 0 unspecified atom stereocenters. The quantitative estimate of drug-likeness (QED) is 0.663. The van der Waals surface area contributed by atoms with Gasteiger partial charge in [0, 0.05) is 19.2 Å². The Morgan fingerprint density at radius 1 is 1.20 bits per heavy atom. The topological polar surface area (TPSA) is 46.3 Å². The van der Waals surface area contributed by atoms with Crippen molar-refractivity contribution in [3.05, 3.63) is 71.6 Å². The van der Waals surface area contributed by atoms with Crippen molar-refractivity contribution >= 4 is 23.1 Å². The third-order valence-electron chi connectivity index (χ3n) is 4.03. The van der Waals surface area contributed by atoms with Crippen molar-refractivity contribution in [3.8, 4) is 0 Å². The number of likely N-dealkylation sites (N-methyl/N-ethyl adjacent to an activating group) is 1. The standard InChI is InChI=1S/C19H16F2N2O2/c1-12(13-7-8-14(20)15(21)11-13)23(2)19(24)10-9-18-22-16-5-3-4-6-17(16)25-18/h3-12H,1-2H3/b10-9-/t12-/m1/s1. The Labute approximate surface area is 143 Å². The number of hydrogen-bond acceptors (Lipinski definition) is 3. The number of oxazole rings is 1. The van der Waals surface area contributed by atoms with E-state index in [9.17, 15) is 13.6 Å². The highest BCUT2D eigenvalue weighted by atomic mass is 19.2. The van der Waals surface area contributed by atoms with E-state index >= 15 is 0 Å². The Kier molecular flexibility index (Phi) is 4.61. The first-order valence-electron chi connectivity index (χ1n) is 7.71. The van der Waals surface area contributed by atoms with E-state index in [4.69, 9.17) is 4.42 Å². The molecule has 1 atom stereocenters. The molecule has 1 aromatic heterocycles. The Morgan fingerprint density at radius 2 is 1.96 bits per heavy atom. The summed E-state index contributed by atoms with van der Waals surface area (Å²) < 4.78 is 31.9. The SMILES string of the molecule is C[C@H](c1ccc(F)c(F)c1)N(C)C(=O)/C=C\c1nc2ccccc2o1. The lowest BCUT2D eigenvalue weighted by Gasteiger charge is -2.24. The zero-order valence-electron chi connectivity index (χ0n) is 13.7. The first-order chi connectivity index (χ1) is 12.0. The minimum Gasteiger partial charge on any atom is -0.437 e. The molecule has 0 saturated heterocycles. The molecule has 0 saturated carbocycles. The summed E-state index contributed by atoms with van der Waals surface area (Å²) in [4.78, 5) is 18.0. The molecule has 2 aromatic carbocycles. The molecule has 128 valence electrons. The van der Waals surface area contributed by atoms with Crippen LogP contribution in [0.2, 0.25) is 0 Å². The van der Waals surface area contributed by atoms with Crippen molar-refractivity contribution in [2.45, 2.75) is 13.0 Å². The molecule has 25 heavy (non-hydrogen) atoms. The highest BCUT2D eigenvalue weighted by molar-refractivity contribution is 5.91. The molecule has 3 rings (SSSR count). The van der Waals surface area contributed by atoms with Gasteiger partial charge in [0.2, 0.25) is 11.8 Å². The van der Waals surface area contributed by atoms with Crippen LogP contribution in [0.3, 0.4) is 0 Å². The van der Waals surface area contributed by atoms with Gasteiger partial charge in [-0.05, 0) is 36.8 Å². The summed E-state index contributed by atoms with van der Waals surface area (Å²) >= 11 is 0. The van der Waals surface area contributed by atoms with Crippen LogP contribution in [0, 0.1) is 11.6 Å². The molecule has 4 nitrogen and oxygen atoms in total. The van der Waals surface area contributed by atoms with E-state index < -0.39 is 17.7 Å². The van der Waals surface area contributed by atoms with Gasteiger partial charge in [-0.3, -0.25) is 4.79 Å². The van der Waals surface area contributed by atoms with Crippen LogP contribution in [0.15, 0.2) is 53.0 Å². The predicted octanol–water partition coefficient (Wildman–Crippen LogP) is 4.34. The van der Waals surface area contributed by atoms with E-state index in [2.05, 4.69) is 4.98 Å². The number of amides is 1. The Bertz CT molecular complexity index is 917. The van der Waals surface area contributed by atoms with Gasteiger partial charge in [0.25, 0.3) is 0 Å². The number of hydrogen-bond donors (Lipinski definition) is 0. The summed E-state index contributed by atoms with van der Waals surface area (Å²) in [6.45, 7) is 1.73. The number of fused-ring (bicyclic) bond motifs is 1. The maximum atomic E-state index is 13.4. The molecule has 0 bridgehead atoms. The van der Waals surface area contributed by atoms with Gasteiger partial charge in [0.1, 0.15) is 5.52 Å². The molecule has 6 heteroatoms. The molecule has 0 radical (unpaired) electrons. The van der Waals surface area contributed by atoms with Crippen molar-refractivity contribution < 1.29 is 18.0 Å². The summed E-state index contributed by atoms with van der Waals surface area (Å²) in [5.74, 6) is -1.84. The van der Waals surface area contributed by atoms with E-state index in [0.717, 1.165) is 12.1 Å². The Morgan fingerprint density at radius 3 is 2.68 bits per heavy atom. The van der Waals surface area contributed by atoms with Gasteiger partial charge in [-0.2, -0.15) is 0 Å². The summed E-state index contributed by atoms with van der Waals surface area (Å²) in [7, 11) is 1.59. The van der Waals surface area contributed by atoms with Crippen molar-refractivity contribution in [3.63, 3.8) is 0 Å². The fourth-order valence-electron chi connectivity index (χ4n) is 2.41. The highest BCUT2D eigenvalue weighted by Gasteiger charge is 2.17. The summed E-state index contributed by atoms with van der Waals surface area (Å²) in [5.41, 5.74) is 1.85. The molecule has 0 fully saturated rings. The Balaban J connectivity index is 1.73. The second-order valence-corrected chi connectivity index (χ2v) is 5.65. The van der Waals surface area contributed by atoms with Crippen molar-refractivity contribution in [1.29, 1.82) is 0 Å². The molecule has 0 aliphatic heterocycles. The van der Waals surface area contributed by atoms with Gasteiger partial charge in [-0.15, -0.1) is 0 Å². The van der Waals surface area contributed by atoms with Crippen LogP contribution in [0.25, 0.3) is 17.2 Å². The highest BCUT2D eigenvalue weighted by Crippen LogP contribution is 2.21. The maximum Gasteiger partial charge on any atom is 0.246 e. The number of halogens is 2. The second kappa shape index (κ2) is 6.84. The number of rotatable bonds is 4. The smallest absolute Gasteiger partial charge is 0.246 e. The van der Waals surface area contributed by atoms with Crippen molar-refractivity contribution in [1.82, 2.24) is 9.88 Å². The third kappa shape index (κ3) is 3.57. The van der Waals surface area contributed by atoms with Gasteiger partial charge >= 0.3 is 0 Å². The molecule has 3 aromatic rings. The van der Waals surface area contributed by atoms with Gasteiger partial charge < -0.3 is 9.32 Å². The number of benzene rings is 2. The Hall–Kier alpha value is -3.02. The van der Waals surface area contributed by atoms with Crippen molar-refractivity contribution in [2.24, 2.45) is 0 Å². The van der Waals surface area contributed by atoms with Crippen LogP contribution in [0.1, 0.15) is 24.4 Å². The number of aromatic nitrogens is 1. The molecular formula is C19H16F2N2O2. The molecule has 1 heterocycles. The van der Waals surface area contributed by atoms with E-state index in [-0.39, 0.29) is 5.91 Å². The van der Waals surface area contributed by atoms with Crippen molar-refractivity contribution in [2.75, 3.05) is 7.05 Å². The molecular weight excluding hydrogens is 326 g/mol. The maximum absolute atomic E-state index is 13.4. The summed E-state index contributed by atoms with van der Waals surface area (Å²) in [5, 5.41) is 0. The number of carbonyl (C=O) groups excluding carboxylic acids is 1. The van der Waals surface area contributed by atoms with Crippen LogP contribution in [-0.2, 0) is 4.79 Å². The first-order valence-corrected chi connectivity index (χ1v) is 7.71. The lowest BCUT2D eigenvalue weighted by Crippen LogP contribution is -2.28. The zero-order valence-corrected chi connectivity index (χ0v) is 13.7. The van der Waals surface area contributed by atoms with Crippen LogP contribution < -0.4 is 0 Å². The fourth-order valence-corrected chi connectivity index (χ4v) is 2.41. The lowest BCUT2D eigenvalue weighted by atomic mass is 10.1. The fraction of sp³-hybridized carbons (Fsp3) is 0.158. The zero-order chi connectivity index (χ0) is 18.0. The van der Waals surface area contributed by atoms with E-state index in [1.807, 2.05) is 18.2 Å². The van der Waals surface area contributed by atoms with Crippen LogP contribution in [-0.4, -0.2) is 22.8 Å².